The van der Waals surface area contributed by atoms with Crippen molar-refractivity contribution in [1.82, 2.24) is 4.37 Å². The third-order valence-electron chi connectivity index (χ3n) is 1.47. The van der Waals surface area contributed by atoms with Crippen LogP contribution in [0.5, 0.6) is 5.75 Å². The number of nitrogens with two attached hydrogens (primary N) is 1. The van der Waals surface area contributed by atoms with Crippen LogP contribution in [0.15, 0.2) is 0 Å². The Morgan fingerprint density at radius 1 is 1.69 bits per heavy atom. The maximum absolute atomic E-state index is 5.59. The first-order chi connectivity index (χ1) is 6.29. The molecule has 0 fully saturated rings. The molecule has 0 aliphatic heterocycles. The number of nitrogens with zero attached hydrogens (tertiary/aromatic N) is 1. The van der Waals surface area contributed by atoms with Gasteiger partial charge in [-0.15, -0.1) is 0 Å². The van der Waals surface area contributed by atoms with Gasteiger partial charge in [0.1, 0.15) is 0 Å². The average Bonchev–Trinajstić information content (AvgIpc) is 2.47. The SMILES string of the molecule is COc1c(N)nsc1NCCSC. The number of nitrogens with one attached hydrogen (secondary N) is 1. The van der Waals surface area contributed by atoms with Gasteiger partial charge in [-0.05, 0) is 17.8 Å². The second-order valence-corrected chi connectivity index (χ2v) is 4.11. The Hall–Kier alpha value is -0.620. The Morgan fingerprint density at radius 2 is 2.46 bits per heavy atom. The lowest BCUT2D eigenvalue weighted by molar-refractivity contribution is 0.419. The summed E-state index contributed by atoms with van der Waals surface area (Å²) in [7, 11) is 1.60. The Bertz CT molecular complexity index is 264. The molecular formula is C7H13N3OS2. The van der Waals surface area contributed by atoms with Crippen LogP contribution in [0, 0.1) is 0 Å². The van der Waals surface area contributed by atoms with Gasteiger partial charge in [0.15, 0.2) is 16.6 Å². The molecule has 0 amide bonds. The fourth-order valence-corrected chi connectivity index (χ4v) is 1.89. The molecule has 0 saturated carbocycles. The number of ether oxygens (including phenoxy) is 1. The first kappa shape index (κ1) is 10.5. The van der Waals surface area contributed by atoms with Gasteiger partial charge in [0, 0.05) is 12.3 Å². The highest BCUT2D eigenvalue weighted by molar-refractivity contribution is 7.98. The fourth-order valence-electron chi connectivity index (χ4n) is 0.870. The van der Waals surface area contributed by atoms with Gasteiger partial charge >= 0.3 is 0 Å². The number of methoxy groups -OCH3 is 1. The molecule has 0 saturated heterocycles. The quantitative estimate of drug-likeness (QED) is 0.735. The van der Waals surface area contributed by atoms with Crippen LogP contribution in [0.1, 0.15) is 0 Å². The van der Waals surface area contributed by atoms with Crippen molar-refractivity contribution in [3.8, 4) is 5.75 Å². The number of hydrogen-bond donors (Lipinski definition) is 2. The molecule has 0 atom stereocenters. The van der Waals surface area contributed by atoms with Crippen molar-refractivity contribution in [3.05, 3.63) is 0 Å². The molecule has 1 aromatic rings. The van der Waals surface area contributed by atoms with Crippen LogP contribution in [0.2, 0.25) is 0 Å². The molecule has 0 aliphatic carbocycles. The van der Waals surface area contributed by atoms with Crippen molar-refractivity contribution in [3.63, 3.8) is 0 Å². The Balaban J connectivity index is 2.55. The van der Waals surface area contributed by atoms with Crippen LogP contribution in [-0.2, 0) is 0 Å². The molecule has 0 aromatic carbocycles. The normalized spacial score (nSPS) is 10.0. The van der Waals surface area contributed by atoms with E-state index < -0.39 is 0 Å². The molecule has 74 valence electrons. The number of rotatable bonds is 5. The van der Waals surface area contributed by atoms with Crippen LogP contribution >= 0.6 is 23.3 Å². The van der Waals surface area contributed by atoms with Crippen LogP contribution in [0.4, 0.5) is 10.8 Å². The minimum absolute atomic E-state index is 0.458. The number of anilines is 2. The van der Waals surface area contributed by atoms with Crippen molar-refractivity contribution in [1.29, 1.82) is 0 Å². The molecule has 0 unspecified atom stereocenters. The summed E-state index contributed by atoms with van der Waals surface area (Å²) in [6, 6.07) is 0. The van der Waals surface area contributed by atoms with E-state index in [0.717, 1.165) is 17.3 Å². The minimum Gasteiger partial charge on any atom is -0.490 e. The van der Waals surface area contributed by atoms with Crippen molar-refractivity contribution >= 4 is 34.1 Å². The first-order valence-electron chi connectivity index (χ1n) is 3.81. The molecule has 0 radical (unpaired) electrons. The molecular weight excluding hydrogens is 206 g/mol. The van der Waals surface area contributed by atoms with Crippen LogP contribution in [-0.4, -0.2) is 30.0 Å². The summed E-state index contributed by atoms with van der Waals surface area (Å²) in [4.78, 5) is 0. The average molecular weight is 219 g/mol. The molecule has 1 rings (SSSR count). The van der Waals surface area contributed by atoms with Crippen LogP contribution in [0.25, 0.3) is 0 Å². The summed E-state index contributed by atoms with van der Waals surface area (Å²) in [6.45, 7) is 0.902. The van der Waals surface area contributed by atoms with Crippen LogP contribution in [0.3, 0.4) is 0 Å². The van der Waals surface area contributed by atoms with Crippen LogP contribution < -0.4 is 15.8 Å². The Labute approximate surface area is 86.0 Å². The molecule has 1 aromatic heterocycles. The van der Waals surface area contributed by atoms with E-state index in [1.165, 1.54) is 11.5 Å². The molecule has 6 heteroatoms. The van der Waals surface area contributed by atoms with Gasteiger partial charge in [0.05, 0.1) is 7.11 Å². The fraction of sp³-hybridized carbons (Fsp3) is 0.571. The molecule has 3 N–H and O–H groups in total. The van der Waals surface area contributed by atoms with E-state index >= 15 is 0 Å². The molecule has 1 heterocycles. The van der Waals surface area contributed by atoms with E-state index in [1.807, 2.05) is 0 Å². The number of nitrogen functional groups attached to an aromatic ring is 1. The van der Waals surface area contributed by atoms with Gasteiger partial charge in [-0.3, -0.25) is 0 Å². The van der Waals surface area contributed by atoms with Crippen molar-refractivity contribution < 1.29 is 4.74 Å². The van der Waals surface area contributed by atoms with E-state index in [9.17, 15) is 0 Å². The topological polar surface area (TPSA) is 60.2 Å². The van der Waals surface area contributed by atoms with Gasteiger partial charge in [-0.1, -0.05) is 0 Å². The van der Waals surface area contributed by atoms with E-state index in [2.05, 4.69) is 15.9 Å². The Kier molecular flexibility index (Phi) is 4.17. The predicted octanol–water partition coefficient (Wildman–Crippen LogP) is 1.51. The summed E-state index contributed by atoms with van der Waals surface area (Å²) in [6.07, 6.45) is 2.07. The van der Waals surface area contributed by atoms with Crippen molar-refractivity contribution in [2.24, 2.45) is 0 Å². The van der Waals surface area contributed by atoms with Crippen molar-refractivity contribution in [2.45, 2.75) is 0 Å². The highest BCUT2D eigenvalue weighted by Crippen LogP contribution is 2.34. The number of hydrogen-bond acceptors (Lipinski definition) is 6. The highest BCUT2D eigenvalue weighted by atomic mass is 32.2. The standard InChI is InChI=1S/C7H13N3OS2/c1-11-5-6(8)10-13-7(5)9-3-4-12-2/h9H,3-4H2,1-2H3,(H2,8,10). The molecule has 0 aliphatic rings. The third kappa shape index (κ3) is 2.67. The number of thioether (sulfide) groups is 1. The second kappa shape index (κ2) is 5.18. The summed E-state index contributed by atoms with van der Waals surface area (Å²) >= 11 is 3.12. The van der Waals surface area contributed by atoms with Gasteiger partial charge in [-0.25, -0.2) is 0 Å². The van der Waals surface area contributed by atoms with Gasteiger partial charge in [0.25, 0.3) is 0 Å². The molecule has 0 bridgehead atoms. The van der Waals surface area contributed by atoms with Gasteiger partial charge in [0.2, 0.25) is 0 Å². The van der Waals surface area contributed by atoms with Crippen molar-refractivity contribution in [2.75, 3.05) is 36.7 Å². The first-order valence-corrected chi connectivity index (χ1v) is 5.98. The lowest BCUT2D eigenvalue weighted by Crippen LogP contribution is -2.03. The minimum atomic E-state index is 0.458. The lowest BCUT2D eigenvalue weighted by atomic mass is 10.5. The molecule has 13 heavy (non-hydrogen) atoms. The van der Waals surface area contributed by atoms with Gasteiger partial charge < -0.3 is 15.8 Å². The summed E-state index contributed by atoms with van der Waals surface area (Å²) < 4.78 is 9.09. The molecule has 0 spiro atoms. The highest BCUT2D eigenvalue weighted by Gasteiger charge is 2.10. The third-order valence-corrected chi connectivity index (χ3v) is 2.88. The maximum atomic E-state index is 5.59. The largest absolute Gasteiger partial charge is 0.490 e. The zero-order valence-electron chi connectivity index (χ0n) is 7.66. The summed E-state index contributed by atoms with van der Waals surface area (Å²) in [5.41, 5.74) is 5.59. The zero-order chi connectivity index (χ0) is 9.68. The van der Waals surface area contributed by atoms with Gasteiger partial charge in [-0.2, -0.15) is 16.1 Å². The summed E-state index contributed by atoms with van der Waals surface area (Å²) in [5, 5.41) is 4.13. The lowest BCUT2D eigenvalue weighted by Gasteiger charge is -2.04. The van der Waals surface area contributed by atoms with E-state index in [4.69, 9.17) is 10.5 Å². The smallest absolute Gasteiger partial charge is 0.197 e. The zero-order valence-corrected chi connectivity index (χ0v) is 9.30. The number of aromatic nitrogens is 1. The second-order valence-electron chi connectivity index (χ2n) is 2.35. The monoisotopic (exact) mass is 219 g/mol. The summed E-state index contributed by atoms with van der Waals surface area (Å²) in [5.74, 6) is 2.17. The maximum Gasteiger partial charge on any atom is 0.197 e. The van der Waals surface area contributed by atoms with E-state index in [0.29, 0.717) is 11.6 Å². The van der Waals surface area contributed by atoms with E-state index in [1.54, 1.807) is 18.9 Å². The van der Waals surface area contributed by atoms with E-state index in [-0.39, 0.29) is 0 Å². The predicted molar refractivity (Wildman–Crippen MR) is 60.0 cm³/mol. The molecule has 4 nitrogen and oxygen atoms in total. The Morgan fingerprint density at radius 3 is 3.08 bits per heavy atom.